The van der Waals surface area contributed by atoms with Gasteiger partial charge in [-0.1, -0.05) is 29.8 Å². The van der Waals surface area contributed by atoms with Gasteiger partial charge in [0, 0.05) is 24.1 Å². The number of benzene rings is 1. The summed E-state index contributed by atoms with van der Waals surface area (Å²) >= 11 is 3.34. The number of carbonyl (C=O) groups is 2. The van der Waals surface area contributed by atoms with Gasteiger partial charge in [-0.3, -0.25) is 14.5 Å². The van der Waals surface area contributed by atoms with Crippen molar-refractivity contribution in [1.82, 2.24) is 10.3 Å². The van der Waals surface area contributed by atoms with Crippen LogP contribution in [0.5, 0.6) is 0 Å². The number of rotatable bonds is 6. The van der Waals surface area contributed by atoms with Gasteiger partial charge in [0.25, 0.3) is 0 Å². The second-order valence-electron chi connectivity index (χ2n) is 5.84. The lowest BCUT2D eigenvalue weighted by Crippen LogP contribution is -2.36. The molecule has 1 atom stereocenters. The number of anilines is 1. The summed E-state index contributed by atoms with van der Waals surface area (Å²) in [6.07, 6.45) is 1.84. The Labute approximate surface area is 156 Å². The fourth-order valence-electron chi connectivity index (χ4n) is 2.57. The van der Waals surface area contributed by atoms with E-state index in [4.69, 9.17) is 0 Å². The predicted molar refractivity (Wildman–Crippen MR) is 102 cm³/mol. The Balaban J connectivity index is 2.20. The number of carbonyl (C=O) groups excluding carboxylic acids is 2. The van der Waals surface area contributed by atoms with E-state index in [1.807, 2.05) is 44.2 Å². The van der Waals surface area contributed by atoms with Gasteiger partial charge in [0.05, 0.1) is 12.5 Å². The summed E-state index contributed by atoms with van der Waals surface area (Å²) in [6, 6.07) is 11.1. The minimum absolute atomic E-state index is 0.0864. The average Bonchev–Trinajstić information content (AvgIpc) is 2.57. The van der Waals surface area contributed by atoms with Crippen LogP contribution in [0.3, 0.4) is 0 Å². The molecule has 0 fully saturated rings. The quantitative estimate of drug-likeness (QED) is 0.797. The van der Waals surface area contributed by atoms with E-state index in [0.717, 1.165) is 15.6 Å². The van der Waals surface area contributed by atoms with Crippen molar-refractivity contribution in [2.75, 3.05) is 11.4 Å². The molecule has 0 aliphatic heterocycles. The molecule has 0 spiro atoms. The van der Waals surface area contributed by atoms with Crippen molar-refractivity contribution in [3.63, 3.8) is 0 Å². The van der Waals surface area contributed by atoms with Crippen molar-refractivity contribution in [1.29, 1.82) is 0 Å². The first-order valence-electron chi connectivity index (χ1n) is 8.16. The van der Waals surface area contributed by atoms with Gasteiger partial charge in [0.2, 0.25) is 11.8 Å². The van der Waals surface area contributed by atoms with Gasteiger partial charge in [-0.25, -0.2) is 4.98 Å². The fourth-order valence-corrected chi connectivity index (χ4v) is 2.81. The Morgan fingerprint density at radius 3 is 2.40 bits per heavy atom. The van der Waals surface area contributed by atoms with Crippen LogP contribution in [0.1, 0.15) is 37.4 Å². The molecule has 0 aliphatic carbocycles. The average molecular weight is 404 g/mol. The standard InChI is InChI=1S/C19H22BrN3O2/c1-4-23(18-10-9-16(20)12-21-18)19(25)11-17(22-14(3)24)15-7-5-13(2)6-8-15/h5-10,12,17H,4,11H2,1-3H3,(H,22,24). The Morgan fingerprint density at radius 2 is 1.88 bits per heavy atom. The van der Waals surface area contributed by atoms with E-state index in [0.29, 0.717) is 12.4 Å². The van der Waals surface area contributed by atoms with Gasteiger partial charge in [-0.2, -0.15) is 0 Å². The maximum absolute atomic E-state index is 12.8. The molecule has 2 amide bonds. The Bertz CT molecular complexity index is 729. The number of amides is 2. The van der Waals surface area contributed by atoms with Crippen molar-refractivity contribution in [3.05, 3.63) is 58.2 Å². The third kappa shape index (κ3) is 5.39. The second kappa shape index (κ2) is 8.76. The highest BCUT2D eigenvalue weighted by atomic mass is 79.9. The molecule has 25 heavy (non-hydrogen) atoms. The first-order valence-corrected chi connectivity index (χ1v) is 8.95. The molecule has 0 saturated heterocycles. The van der Waals surface area contributed by atoms with Crippen LogP contribution in [0.4, 0.5) is 5.82 Å². The van der Waals surface area contributed by atoms with Crippen LogP contribution in [-0.4, -0.2) is 23.3 Å². The fraction of sp³-hybridized carbons (Fsp3) is 0.316. The number of nitrogens with one attached hydrogen (secondary N) is 1. The van der Waals surface area contributed by atoms with Crippen LogP contribution >= 0.6 is 15.9 Å². The molecule has 5 nitrogen and oxygen atoms in total. The van der Waals surface area contributed by atoms with Gasteiger partial charge in [0.15, 0.2) is 0 Å². The van der Waals surface area contributed by atoms with Crippen LogP contribution < -0.4 is 10.2 Å². The zero-order valence-corrected chi connectivity index (χ0v) is 16.2. The maximum atomic E-state index is 12.8. The minimum Gasteiger partial charge on any atom is -0.349 e. The smallest absolute Gasteiger partial charge is 0.230 e. The third-order valence-electron chi connectivity index (χ3n) is 3.84. The molecular formula is C19H22BrN3O2. The second-order valence-corrected chi connectivity index (χ2v) is 6.76. The summed E-state index contributed by atoms with van der Waals surface area (Å²) in [4.78, 5) is 30.3. The summed E-state index contributed by atoms with van der Waals surface area (Å²) in [5.41, 5.74) is 2.04. The number of hydrogen-bond acceptors (Lipinski definition) is 3. The van der Waals surface area contributed by atoms with Crippen molar-refractivity contribution in [2.45, 2.75) is 33.2 Å². The summed E-state index contributed by atoms with van der Waals surface area (Å²) in [5.74, 6) is 0.348. The molecule has 1 heterocycles. The Kier molecular flexibility index (Phi) is 6.70. The van der Waals surface area contributed by atoms with E-state index in [9.17, 15) is 9.59 Å². The molecule has 2 rings (SSSR count). The zero-order valence-electron chi connectivity index (χ0n) is 14.6. The third-order valence-corrected chi connectivity index (χ3v) is 4.31. The summed E-state index contributed by atoms with van der Waals surface area (Å²) in [6.45, 7) is 5.87. The lowest BCUT2D eigenvalue weighted by molar-refractivity contribution is -0.121. The number of hydrogen-bond donors (Lipinski definition) is 1. The van der Waals surface area contributed by atoms with Crippen LogP contribution in [0, 0.1) is 6.92 Å². The van der Waals surface area contributed by atoms with Gasteiger partial charge >= 0.3 is 0 Å². The highest BCUT2D eigenvalue weighted by Crippen LogP contribution is 2.21. The van der Waals surface area contributed by atoms with Crippen LogP contribution in [0.15, 0.2) is 47.1 Å². The van der Waals surface area contributed by atoms with Crippen LogP contribution in [0.25, 0.3) is 0 Å². The highest BCUT2D eigenvalue weighted by Gasteiger charge is 2.22. The van der Waals surface area contributed by atoms with Gasteiger partial charge < -0.3 is 5.32 Å². The lowest BCUT2D eigenvalue weighted by Gasteiger charge is -2.24. The number of aryl methyl sites for hydroxylation is 1. The van der Waals surface area contributed by atoms with Gasteiger partial charge in [-0.05, 0) is 47.5 Å². The number of halogens is 1. The Morgan fingerprint density at radius 1 is 1.20 bits per heavy atom. The monoisotopic (exact) mass is 403 g/mol. The molecule has 132 valence electrons. The molecule has 0 saturated carbocycles. The van der Waals surface area contributed by atoms with E-state index in [1.165, 1.54) is 6.92 Å². The molecule has 6 heteroatoms. The normalized spacial score (nSPS) is 11.7. The molecule has 2 aromatic rings. The van der Waals surface area contributed by atoms with Gasteiger partial charge in [0.1, 0.15) is 5.82 Å². The molecule has 0 aliphatic rings. The predicted octanol–water partition coefficient (Wildman–Crippen LogP) is 3.77. The summed E-state index contributed by atoms with van der Waals surface area (Å²) in [7, 11) is 0. The van der Waals surface area contributed by atoms with E-state index in [1.54, 1.807) is 17.2 Å². The maximum Gasteiger partial charge on any atom is 0.230 e. The number of pyridine rings is 1. The zero-order chi connectivity index (χ0) is 18.4. The first kappa shape index (κ1) is 19.1. The summed E-state index contributed by atoms with van der Waals surface area (Å²) in [5, 5.41) is 2.87. The van der Waals surface area contributed by atoms with E-state index >= 15 is 0 Å². The molecule has 1 aromatic carbocycles. The van der Waals surface area contributed by atoms with E-state index < -0.39 is 0 Å². The van der Waals surface area contributed by atoms with Gasteiger partial charge in [-0.15, -0.1) is 0 Å². The Hall–Kier alpha value is -2.21. The van der Waals surface area contributed by atoms with Crippen LogP contribution in [-0.2, 0) is 9.59 Å². The highest BCUT2D eigenvalue weighted by molar-refractivity contribution is 9.10. The lowest BCUT2D eigenvalue weighted by atomic mass is 10.0. The molecule has 1 unspecified atom stereocenters. The first-order chi connectivity index (χ1) is 11.9. The molecular weight excluding hydrogens is 382 g/mol. The van der Waals surface area contributed by atoms with E-state index in [2.05, 4.69) is 26.2 Å². The minimum atomic E-state index is -0.366. The molecule has 0 radical (unpaired) electrons. The van der Waals surface area contributed by atoms with E-state index in [-0.39, 0.29) is 24.3 Å². The number of aromatic nitrogens is 1. The molecule has 0 bridgehead atoms. The van der Waals surface area contributed by atoms with Crippen LogP contribution in [0.2, 0.25) is 0 Å². The molecule has 1 N–H and O–H groups in total. The topological polar surface area (TPSA) is 62.3 Å². The van der Waals surface area contributed by atoms with Crippen molar-refractivity contribution in [3.8, 4) is 0 Å². The largest absolute Gasteiger partial charge is 0.349 e. The van der Waals surface area contributed by atoms with Crippen molar-refractivity contribution < 1.29 is 9.59 Å². The number of nitrogens with zero attached hydrogens (tertiary/aromatic N) is 2. The summed E-state index contributed by atoms with van der Waals surface area (Å²) < 4.78 is 0.857. The van der Waals surface area contributed by atoms with Crippen molar-refractivity contribution in [2.24, 2.45) is 0 Å². The van der Waals surface area contributed by atoms with Crippen molar-refractivity contribution >= 4 is 33.6 Å². The SMILES string of the molecule is CCN(C(=O)CC(NC(C)=O)c1ccc(C)cc1)c1ccc(Br)cn1. The molecule has 1 aromatic heterocycles.